The second-order valence-corrected chi connectivity index (χ2v) is 4.91. The largest absolute Gasteiger partial charge is 0.439 e. The summed E-state index contributed by atoms with van der Waals surface area (Å²) in [6.45, 7) is 7.99. The Hall–Kier alpha value is -1.62. The molecule has 2 heterocycles. The number of aromatic nitrogens is 3. The summed E-state index contributed by atoms with van der Waals surface area (Å²) in [6, 6.07) is 0. The first-order chi connectivity index (χ1) is 8.58. The van der Waals surface area contributed by atoms with E-state index in [9.17, 15) is 0 Å². The Kier molecular flexibility index (Phi) is 3.81. The van der Waals surface area contributed by atoms with Crippen LogP contribution in [-0.4, -0.2) is 21.3 Å². The number of oxazole rings is 1. The molecule has 0 fully saturated rings. The quantitative estimate of drug-likeness (QED) is 0.880. The standard InChI is InChI=1S/C13H20N4O/c1-9(2)5-14-8-13-15-7-12(18-13)11-6-16-17(4)10(11)3/h6-7,9,14H,5,8H2,1-4H3. The average Bonchev–Trinajstić information content (AvgIpc) is 2.88. The van der Waals surface area contributed by atoms with Gasteiger partial charge in [-0.25, -0.2) is 4.98 Å². The first-order valence-electron chi connectivity index (χ1n) is 6.22. The molecular formula is C13H20N4O. The van der Waals surface area contributed by atoms with E-state index in [2.05, 4.69) is 29.2 Å². The third-order valence-electron chi connectivity index (χ3n) is 2.88. The lowest BCUT2D eigenvalue weighted by Crippen LogP contribution is -2.18. The van der Waals surface area contributed by atoms with Gasteiger partial charge in [0.2, 0.25) is 5.89 Å². The molecule has 2 aromatic rings. The van der Waals surface area contributed by atoms with Crippen molar-refractivity contribution in [3.63, 3.8) is 0 Å². The molecule has 2 rings (SSSR count). The van der Waals surface area contributed by atoms with E-state index in [0.29, 0.717) is 18.4 Å². The molecule has 0 aliphatic heterocycles. The zero-order valence-corrected chi connectivity index (χ0v) is 11.4. The van der Waals surface area contributed by atoms with E-state index >= 15 is 0 Å². The Balaban J connectivity index is 2.04. The first kappa shape index (κ1) is 12.8. The topological polar surface area (TPSA) is 55.9 Å². The highest BCUT2D eigenvalue weighted by Gasteiger charge is 2.11. The second kappa shape index (κ2) is 5.35. The summed E-state index contributed by atoms with van der Waals surface area (Å²) in [4.78, 5) is 4.27. The van der Waals surface area contributed by atoms with Gasteiger partial charge in [0.05, 0.1) is 24.5 Å². The molecule has 0 atom stereocenters. The average molecular weight is 248 g/mol. The van der Waals surface area contributed by atoms with Crippen molar-refractivity contribution in [1.82, 2.24) is 20.1 Å². The second-order valence-electron chi connectivity index (χ2n) is 4.91. The SMILES string of the molecule is Cc1c(-c2cnc(CNCC(C)C)o2)cnn1C. The summed E-state index contributed by atoms with van der Waals surface area (Å²) in [5.74, 6) is 2.12. The molecule has 0 saturated heterocycles. The van der Waals surface area contributed by atoms with E-state index in [1.807, 2.05) is 18.7 Å². The molecule has 0 spiro atoms. The van der Waals surface area contributed by atoms with Crippen molar-refractivity contribution in [2.45, 2.75) is 27.3 Å². The van der Waals surface area contributed by atoms with E-state index < -0.39 is 0 Å². The van der Waals surface area contributed by atoms with Gasteiger partial charge >= 0.3 is 0 Å². The molecular weight excluding hydrogens is 228 g/mol. The molecule has 0 radical (unpaired) electrons. The van der Waals surface area contributed by atoms with Gasteiger partial charge in [0.25, 0.3) is 0 Å². The van der Waals surface area contributed by atoms with Crippen molar-refractivity contribution in [3.8, 4) is 11.3 Å². The highest BCUT2D eigenvalue weighted by molar-refractivity contribution is 5.58. The Morgan fingerprint density at radius 3 is 2.78 bits per heavy atom. The summed E-state index contributed by atoms with van der Waals surface area (Å²) in [7, 11) is 1.92. The summed E-state index contributed by atoms with van der Waals surface area (Å²) in [6.07, 6.45) is 3.57. The Labute approximate surface area is 107 Å². The number of nitrogens with one attached hydrogen (secondary N) is 1. The van der Waals surface area contributed by atoms with E-state index in [-0.39, 0.29) is 0 Å². The lowest BCUT2D eigenvalue weighted by molar-refractivity contribution is 0.459. The van der Waals surface area contributed by atoms with Crippen molar-refractivity contribution >= 4 is 0 Å². The third-order valence-corrected chi connectivity index (χ3v) is 2.88. The van der Waals surface area contributed by atoms with E-state index in [1.165, 1.54) is 0 Å². The molecule has 5 heteroatoms. The van der Waals surface area contributed by atoms with E-state index in [1.54, 1.807) is 12.4 Å². The molecule has 1 N–H and O–H groups in total. The van der Waals surface area contributed by atoms with Crippen LogP contribution in [0.1, 0.15) is 25.4 Å². The minimum absolute atomic E-state index is 0.625. The van der Waals surface area contributed by atoms with Crippen molar-refractivity contribution in [1.29, 1.82) is 0 Å². The van der Waals surface area contributed by atoms with Gasteiger partial charge in [0, 0.05) is 12.7 Å². The molecule has 5 nitrogen and oxygen atoms in total. The van der Waals surface area contributed by atoms with Gasteiger partial charge in [0.1, 0.15) is 0 Å². The molecule has 0 amide bonds. The molecule has 18 heavy (non-hydrogen) atoms. The molecule has 0 aliphatic carbocycles. The Bertz CT molecular complexity index is 513. The Morgan fingerprint density at radius 2 is 2.17 bits per heavy atom. The van der Waals surface area contributed by atoms with E-state index in [0.717, 1.165) is 23.6 Å². The smallest absolute Gasteiger partial charge is 0.208 e. The van der Waals surface area contributed by atoms with Crippen LogP contribution in [0.2, 0.25) is 0 Å². The van der Waals surface area contributed by atoms with Crippen LogP contribution in [0.25, 0.3) is 11.3 Å². The van der Waals surface area contributed by atoms with Gasteiger partial charge in [-0.3, -0.25) is 4.68 Å². The van der Waals surface area contributed by atoms with Gasteiger partial charge in [-0.15, -0.1) is 0 Å². The summed E-state index contributed by atoms with van der Waals surface area (Å²) >= 11 is 0. The van der Waals surface area contributed by atoms with Crippen LogP contribution in [0.4, 0.5) is 0 Å². The lowest BCUT2D eigenvalue weighted by Gasteiger charge is -2.04. The minimum Gasteiger partial charge on any atom is -0.439 e. The van der Waals surface area contributed by atoms with Crippen LogP contribution in [0.15, 0.2) is 16.8 Å². The van der Waals surface area contributed by atoms with Crippen molar-refractivity contribution in [2.24, 2.45) is 13.0 Å². The minimum atomic E-state index is 0.625. The highest BCUT2D eigenvalue weighted by Crippen LogP contribution is 2.23. The van der Waals surface area contributed by atoms with Crippen LogP contribution in [-0.2, 0) is 13.6 Å². The van der Waals surface area contributed by atoms with Gasteiger partial charge in [-0.2, -0.15) is 5.10 Å². The predicted octanol–water partition coefficient (Wildman–Crippen LogP) is 2.13. The zero-order valence-electron chi connectivity index (χ0n) is 11.4. The molecule has 0 aromatic carbocycles. The lowest BCUT2D eigenvalue weighted by atomic mass is 10.2. The predicted molar refractivity (Wildman–Crippen MR) is 70.0 cm³/mol. The van der Waals surface area contributed by atoms with Crippen molar-refractivity contribution < 1.29 is 4.42 Å². The van der Waals surface area contributed by atoms with E-state index in [4.69, 9.17) is 4.42 Å². The maximum Gasteiger partial charge on any atom is 0.208 e. The van der Waals surface area contributed by atoms with Gasteiger partial charge in [-0.1, -0.05) is 13.8 Å². The van der Waals surface area contributed by atoms with Crippen LogP contribution in [0.5, 0.6) is 0 Å². The van der Waals surface area contributed by atoms with Crippen LogP contribution in [0.3, 0.4) is 0 Å². The maximum absolute atomic E-state index is 5.72. The molecule has 2 aromatic heterocycles. The molecule has 0 unspecified atom stereocenters. The monoisotopic (exact) mass is 248 g/mol. The van der Waals surface area contributed by atoms with Crippen LogP contribution in [0, 0.1) is 12.8 Å². The Morgan fingerprint density at radius 1 is 1.39 bits per heavy atom. The van der Waals surface area contributed by atoms with Crippen LogP contribution >= 0.6 is 0 Å². The van der Waals surface area contributed by atoms with Gasteiger partial charge in [-0.05, 0) is 19.4 Å². The molecule has 0 bridgehead atoms. The fourth-order valence-corrected chi connectivity index (χ4v) is 1.72. The number of hydrogen-bond donors (Lipinski definition) is 1. The zero-order chi connectivity index (χ0) is 13.1. The fourth-order valence-electron chi connectivity index (χ4n) is 1.72. The third kappa shape index (κ3) is 2.79. The normalized spacial score (nSPS) is 11.4. The summed E-state index contributed by atoms with van der Waals surface area (Å²) in [5.41, 5.74) is 2.08. The molecule has 0 saturated carbocycles. The number of hydrogen-bond acceptors (Lipinski definition) is 4. The van der Waals surface area contributed by atoms with Crippen molar-refractivity contribution in [3.05, 3.63) is 24.0 Å². The van der Waals surface area contributed by atoms with Gasteiger partial charge in [0.15, 0.2) is 5.76 Å². The fraction of sp³-hybridized carbons (Fsp3) is 0.538. The van der Waals surface area contributed by atoms with Gasteiger partial charge < -0.3 is 9.73 Å². The molecule has 98 valence electrons. The molecule has 0 aliphatic rings. The van der Waals surface area contributed by atoms with Crippen molar-refractivity contribution in [2.75, 3.05) is 6.54 Å². The summed E-state index contributed by atoms with van der Waals surface area (Å²) in [5, 5.41) is 7.51. The summed E-state index contributed by atoms with van der Waals surface area (Å²) < 4.78 is 7.55. The first-order valence-corrected chi connectivity index (χ1v) is 6.22. The maximum atomic E-state index is 5.72. The number of nitrogens with zero attached hydrogens (tertiary/aromatic N) is 3. The highest BCUT2D eigenvalue weighted by atomic mass is 16.4. The number of aryl methyl sites for hydroxylation is 1. The number of rotatable bonds is 5. The van der Waals surface area contributed by atoms with Crippen LogP contribution < -0.4 is 5.32 Å².